The first kappa shape index (κ1) is 14.4. The summed E-state index contributed by atoms with van der Waals surface area (Å²) in [6, 6.07) is 3.59. The fourth-order valence-electron chi connectivity index (χ4n) is 3.74. The quantitative estimate of drug-likeness (QED) is 0.869. The van der Waals surface area contributed by atoms with Crippen molar-refractivity contribution in [3.63, 3.8) is 0 Å². The van der Waals surface area contributed by atoms with Crippen LogP contribution in [0.5, 0.6) is 11.6 Å². The Morgan fingerprint density at radius 3 is 2.70 bits per heavy atom. The van der Waals surface area contributed by atoms with Crippen molar-refractivity contribution in [2.24, 2.45) is 0 Å². The minimum absolute atomic E-state index is 0.103. The third-order valence-corrected chi connectivity index (χ3v) is 5.05. The minimum atomic E-state index is 0.103. The number of aromatic nitrogens is 3. The normalized spacial score (nSPS) is 28.0. The highest BCUT2D eigenvalue weighted by Crippen LogP contribution is 2.67. The molecule has 23 heavy (non-hydrogen) atoms. The third-order valence-electron chi connectivity index (χ3n) is 5.05. The van der Waals surface area contributed by atoms with Gasteiger partial charge in [0.2, 0.25) is 11.8 Å². The van der Waals surface area contributed by atoms with Crippen molar-refractivity contribution in [2.45, 2.75) is 43.7 Å². The molecule has 0 unspecified atom stereocenters. The van der Waals surface area contributed by atoms with Gasteiger partial charge in [-0.05, 0) is 39.3 Å². The number of methoxy groups -OCH3 is 1. The maximum Gasteiger partial charge on any atom is 0.253 e. The van der Waals surface area contributed by atoms with Gasteiger partial charge in [0.25, 0.3) is 5.89 Å². The van der Waals surface area contributed by atoms with Crippen LogP contribution >= 0.6 is 0 Å². The van der Waals surface area contributed by atoms with Gasteiger partial charge in [-0.2, -0.15) is 0 Å². The Morgan fingerprint density at radius 1 is 1.26 bits per heavy atom. The van der Waals surface area contributed by atoms with Crippen LogP contribution in [0.25, 0.3) is 0 Å². The van der Waals surface area contributed by atoms with E-state index in [0.717, 1.165) is 30.8 Å². The van der Waals surface area contributed by atoms with E-state index in [1.54, 1.807) is 13.2 Å². The first-order valence-corrected chi connectivity index (χ1v) is 7.74. The summed E-state index contributed by atoms with van der Waals surface area (Å²) in [4.78, 5) is 4.27. The molecule has 0 radical (unpaired) electrons. The second-order valence-corrected chi connectivity index (χ2v) is 6.57. The SMILES string of the molecule is CNC12CC(c3nnc(COc4ccc(OC)nc4C)o3)(C1)C2. The molecule has 3 saturated carbocycles. The lowest BCUT2D eigenvalue weighted by atomic mass is 9.39. The van der Waals surface area contributed by atoms with Crippen LogP contribution in [0.1, 0.15) is 36.7 Å². The van der Waals surface area contributed by atoms with Crippen LogP contribution < -0.4 is 14.8 Å². The fraction of sp³-hybridized carbons (Fsp3) is 0.562. The van der Waals surface area contributed by atoms with E-state index in [-0.39, 0.29) is 12.0 Å². The molecule has 1 N–H and O–H groups in total. The zero-order valence-corrected chi connectivity index (χ0v) is 13.5. The number of nitrogens with one attached hydrogen (secondary N) is 1. The van der Waals surface area contributed by atoms with Gasteiger partial charge in [-0.15, -0.1) is 10.2 Å². The maximum atomic E-state index is 5.80. The van der Waals surface area contributed by atoms with Gasteiger partial charge >= 0.3 is 0 Å². The number of aryl methyl sites for hydroxylation is 1. The molecular weight excluding hydrogens is 296 g/mol. The number of pyridine rings is 1. The molecule has 0 amide bonds. The van der Waals surface area contributed by atoms with Gasteiger partial charge in [0.1, 0.15) is 5.75 Å². The Hall–Kier alpha value is -2.15. The first-order valence-electron chi connectivity index (χ1n) is 7.74. The highest BCUT2D eigenvalue weighted by Gasteiger charge is 2.70. The van der Waals surface area contributed by atoms with E-state index >= 15 is 0 Å². The molecule has 0 atom stereocenters. The van der Waals surface area contributed by atoms with Gasteiger partial charge in [-0.25, -0.2) is 4.98 Å². The average Bonchev–Trinajstić information content (AvgIpc) is 2.92. The summed E-state index contributed by atoms with van der Waals surface area (Å²) in [5, 5.41) is 11.7. The zero-order valence-electron chi connectivity index (χ0n) is 13.5. The Kier molecular flexibility index (Phi) is 3.09. The number of ether oxygens (including phenoxy) is 2. The maximum absolute atomic E-state index is 5.80. The van der Waals surface area contributed by atoms with Crippen molar-refractivity contribution in [3.05, 3.63) is 29.6 Å². The molecule has 2 bridgehead atoms. The molecule has 2 aromatic heterocycles. The molecule has 5 rings (SSSR count). The van der Waals surface area contributed by atoms with E-state index < -0.39 is 0 Å². The summed E-state index contributed by atoms with van der Waals surface area (Å²) in [6.45, 7) is 2.12. The van der Waals surface area contributed by atoms with E-state index in [1.165, 1.54) is 0 Å². The van der Waals surface area contributed by atoms with Gasteiger partial charge in [0.05, 0.1) is 18.2 Å². The van der Waals surface area contributed by atoms with Crippen molar-refractivity contribution in [3.8, 4) is 11.6 Å². The van der Waals surface area contributed by atoms with Crippen LogP contribution in [-0.4, -0.2) is 34.9 Å². The molecule has 0 aromatic carbocycles. The van der Waals surface area contributed by atoms with E-state index in [2.05, 4.69) is 20.5 Å². The summed E-state index contributed by atoms with van der Waals surface area (Å²) < 4.78 is 16.6. The Labute approximate surface area is 134 Å². The predicted octanol–water partition coefficient (Wildman–Crippen LogP) is 1.75. The Balaban J connectivity index is 1.39. The van der Waals surface area contributed by atoms with Crippen LogP contribution in [0.3, 0.4) is 0 Å². The van der Waals surface area contributed by atoms with Gasteiger partial charge in [-0.3, -0.25) is 0 Å². The molecule has 0 spiro atoms. The number of hydrogen-bond donors (Lipinski definition) is 1. The topological polar surface area (TPSA) is 82.3 Å². The van der Waals surface area contributed by atoms with Crippen molar-refractivity contribution in [1.29, 1.82) is 0 Å². The van der Waals surface area contributed by atoms with Gasteiger partial charge in [0, 0.05) is 11.6 Å². The van der Waals surface area contributed by atoms with Crippen LogP contribution in [0, 0.1) is 6.92 Å². The first-order chi connectivity index (χ1) is 11.1. The highest BCUT2D eigenvalue weighted by molar-refractivity contribution is 5.34. The van der Waals surface area contributed by atoms with Crippen LogP contribution in [-0.2, 0) is 12.0 Å². The fourth-order valence-corrected chi connectivity index (χ4v) is 3.74. The van der Waals surface area contributed by atoms with Crippen molar-refractivity contribution >= 4 is 0 Å². The molecular formula is C16H20N4O3. The second kappa shape index (κ2) is 4.92. The Bertz CT molecular complexity index is 723. The van der Waals surface area contributed by atoms with E-state index in [0.29, 0.717) is 23.1 Å². The molecule has 2 aromatic rings. The van der Waals surface area contributed by atoms with Gasteiger partial charge < -0.3 is 19.2 Å². The molecule has 0 aliphatic heterocycles. The van der Waals surface area contributed by atoms with Crippen LogP contribution in [0.2, 0.25) is 0 Å². The minimum Gasteiger partial charge on any atom is -0.482 e. The molecule has 0 saturated heterocycles. The van der Waals surface area contributed by atoms with E-state index in [4.69, 9.17) is 13.9 Å². The summed E-state index contributed by atoms with van der Waals surface area (Å²) in [5.41, 5.74) is 1.18. The second-order valence-electron chi connectivity index (χ2n) is 6.57. The molecule has 2 heterocycles. The van der Waals surface area contributed by atoms with Crippen LogP contribution in [0.4, 0.5) is 0 Å². The van der Waals surface area contributed by atoms with Crippen molar-refractivity contribution in [1.82, 2.24) is 20.5 Å². The Morgan fingerprint density at radius 2 is 2.04 bits per heavy atom. The average molecular weight is 316 g/mol. The largest absolute Gasteiger partial charge is 0.482 e. The zero-order chi connectivity index (χ0) is 16.1. The summed E-state index contributed by atoms with van der Waals surface area (Å²) in [6.07, 6.45) is 3.25. The van der Waals surface area contributed by atoms with Crippen molar-refractivity contribution in [2.75, 3.05) is 14.2 Å². The van der Waals surface area contributed by atoms with Gasteiger partial charge in [-0.1, -0.05) is 0 Å². The molecule has 122 valence electrons. The van der Waals surface area contributed by atoms with Gasteiger partial charge in [0.15, 0.2) is 6.61 Å². The van der Waals surface area contributed by atoms with E-state index in [1.807, 2.05) is 20.0 Å². The molecule has 7 heteroatoms. The number of nitrogens with zero attached hydrogens (tertiary/aromatic N) is 3. The third kappa shape index (κ3) is 2.18. The molecule has 3 fully saturated rings. The summed E-state index contributed by atoms with van der Waals surface area (Å²) in [7, 11) is 3.60. The predicted molar refractivity (Wildman–Crippen MR) is 81.5 cm³/mol. The highest BCUT2D eigenvalue weighted by atomic mass is 16.5. The van der Waals surface area contributed by atoms with Crippen molar-refractivity contribution < 1.29 is 13.9 Å². The molecule has 3 aliphatic rings. The van der Waals surface area contributed by atoms with Crippen LogP contribution in [0.15, 0.2) is 16.5 Å². The standard InChI is InChI=1S/C16H20N4O3/c1-10-11(4-5-12(18-10)21-3)22-6-13-19-20-14(23-13)15-7-16(8-15,9-15)17-2/h4-5,17H,6-9H2,1-3H3. The van der Waals surface area contributed by atoms with E-state index in [9.17, 15) is 0 Å². The lowest BCUT2D eigenvalue weighted by molar-refractivity contribution is -0.0995. The smallest absolute Gasteiger partial charge is 0.253 e. The number of rotatable bonds is 6. The summed E-state index contributed by atoms with van der Waals surface area (Å²) >= 11 is 0. The monoisotopic (exact) mass is 316 g/mol. The molecule has 3 aliphatic carbocycles. The number of hydrogen-bond acceptors (Lipinski definition) is 7. The lowest BCUT2D eigenvalue weighted by Gasteiger charge is -2.68. The molecule has 7 nitrogen and oxygen atoms in total. The summed E-state index contributed by atoms with van der Waals surface area (Å²) in [5.74, 6) is 2.50. The lowest BCUT2D eigenvalue weighted by Crippen LogP contribution is -2.75.